The molecular weight excluding hydrogens is 164 g/mol. The van der Waals surface area contributed by atoms with Gasteiger partial charge in [-0.25, -0.2) is 0 Å². The van der Waals surface area contributed by atoms with E-state index in [1.54, 1.807) is 0 Å². The summed E-state index contributed by atoms with van der Waals surface area (Å²) in [6.07, 6.45) is 1.75. The zero-order chi connectivity index (χ0) is 10.4. The van der Waals surface area contributed by atoms with Gasteiger partial charge in [-0.1, -0.05) is 13.8 Å². The van der Waals surface area contributed by atoms with Crippen molar-refractivity contribution in [2.24, 2.45) is 0 Å². The molecule has 0 saturated carbocycles. The zero-order valence-electron chi connectivity index (χ0n) is 9.50. The molecule has 1 amide bonds. The normalized spacial score (nSPS) is 21.8. The first-order valence-corrected chi connectivity index (χ1v) is 5.01. The minimum Gasteiger partial charge on any atom is -0.341 e. The van der Waals surface area contributed by atoms with Crippen LogP contribution in [0, 0.1) is 0 Å². The van der Waals surface area contributed by atoms with E-state index in [2.05, 4.69) is 4.90 Å². The summed E-state index contributed by atoms with van der Waals surface area (Å²) < 4.78 is 0. The SMILES string of the molecule is CC.CN(C)CC1CCC(=O)N1C. The minimum atomic E-state index is 0.289. The van der Waals surface area contributed by atoms with Crippen LogP contribution in [0.1, 0.15) is 26.7 Å². The Kier molecular flexibility index (Phi) is 5.71. The number of likely N-dealkylation sites (N-methyl/N-ethyl adjacent to an activating group) is 2. The molecule has 1 heterocycles. The van der Waals surface area contributed by atoms with E-state index in [0.717, 1.165) is 19.4 Å². The molecule has 0 aromatic carbocycles. The average Bonchev–Trinajstić information content (AvgIpc) is 2.39. The molecule has 1 unspecified atom stereocenters. The predicted molar refractivity (Wildman–Crippen MR) is 55.7 cm³/mol. The fourth-order valence-corrected chi connectivity index (χ4v) is 1.50. The number of carbonyl (C=O) groups is 1. The first kappa shape index (κ1) is 12.4. The molecule has 0 radical (unpaired) electrons. The Morgan fingerprint density at radius 2 is 2.00 bits per heavy atom. The third kappa shape index (κ3) is 3.77. The molecule has 0 spiro atoms. The highest BCUT2D eigenvalue weighted by atomic mass is 16.2. The molecule has 1 saturated heterocycles. The summed E-state index contributed by atoms with van der Waals surface area (Å²) in [4.78, 5) is 15.1. The molecule has 3 nitrogen and oxygen atoms in total. The summed E-state index contributed by atoms with van der Waals surface area (Å²) in [5.41, 5.74) is 0. The Labute approximate surface area is 81.7 Å². The molecule has 3 heteroatoms. The molecule has 0 aromatic heterocycles. The number of rotatable bonds is 2. The second kappa shape index (κ2) is 5.97. The van der Waals surface area contributed by atoms with Gasteiger partial charge in [-0.3, -0.25) is 4.79 Å². The molecule has 0 bridgehead atoms. The van der Waals surface area contributed by atoms with Crippen molar-refractivity contribution in [3.63, 3.8) is 0 Å². The van der Waals surface area contributed by atoms with Gasteiger partial charge >= 0.3 is 0 Å². The van der Waals surface area contributed by atoms with Crippen molar-refractivity contribution in [3.8, 4) is 0 Å². The van der Waals surface area contributed by atoms with E-state index in [9.17, 15) is 4.79 Å². The summed E-state index contributed by atoms with van der Waals surface area (Å²) in [7, 11) is 5.97. The smallest absolute Gasteiger partial charge is 0.222 e. The summed E-state index contributed by atoms with van der Waals surface area (Å²) in [6.45, 7) is 4.99. The van der Waals surface area contributed by atoms with E-state index < -0.39 is 0 Å². The molecule has 0 aliphatic carbocycles. The van der Waals surface area contributed by atoms with Crippen LogP contribution >= 0.6 is 0 Å². The Hall–Kier alpha value is -0.570. The van der Waals surface area contributed by atoms with Gasteiger partial charge in [0.1, 0.15) is 0 Å². The molecule has 0 N–H and O–H groups in total. The van der Waals surface area contributed by atoms with Crippen LogP contribution in [-0.4, -0.2) is 49.4 Å². The Morgan fingerprint density at radius 3 is 2.31 bits per heavy atom. The number of carbonyl (C=O) groups excluding carboxylic acids is 1. The van der Waals surface area contributed by atoms with Crippen molar-refractivity contribution in [2.45, 2.75) is 32.7 Å². The van der Waals surface area contributed by atoms with Gasteiger partial charge in [0.25, 0.3) is 0 Å². The zero-order valence-corrected chi connectivity index (χ0v) is 9.50. The van der Waals surface area contributed by atoms with Crippen LogP contribution in [-0.2, 0) is 4.79 Å². The maximum absolute atomic E-state index is 11.1. The molecule has 1 aliphatic heterocycles. The highest BCUT2D eigenvalue weighted by molar-refractivity contribution is 5.78. The summed E-state index contributed by atoms with van der Waals surface area (Å²) >= 11 is 0. The summed E-state index contributed by atoms with van der Waals surface area (Å²) in [5, 5.41) is 0. The summed E-state index contributed by atoms with van der Waals surface area (Å²) in [5.74, 6) is 0.289. The van der Waals surface area contributed by atoms with Crippen LogP contribution < -0.4 is 0 Å². The van der Waals surface area contributed by atoms with E-state index in [-0.39, 0.29) is 5.91 Å². The highest BCUT2D eigenvalue weighted by Crippen LogP contribution is 2.16. The first-order valence-electron chi connectivity index (χ1n) is 5.01. The van der Waals surface area contributed by atoms with Gasteiger partial charge < -0.3 is 9.80 Å². The topological polar surface area (TPSA) is 23.6 Å². The minimum absolute atomic E-state index is 0.289. The molecule has 1 atom stereocenters. The number of hydrogen-bond donors (Lipinski definition) is 0. The first-order chi connectivity index (χ1) is 6.11. The lowest BCUT2D eigenvalue weighted by molar-refractivity contribution is -0.127. The van der Waals surface area contributed by atoms with Gasteiger partial charge in [0.2, 0.25) is 5.91 Å². The van der Waals surface area contributed by atoms with Crippen molar-refractivity contribution in [1.29, 1.82) is 0 Å². The van der Waals surface area contributed by atoms with Gasteiger partial charge in [0.05, 0.1) is 0 Å². The van der Waals surface area contributed by atoms with E-state index in [0.29, 0.717) is 6.04 Å². The lowest BCUT2D eigenvalue weighted by Gasteiger charge is -2.22. The number of likely N-dealkylation sites (tertiary alicyclic amines) is 1. The van der Waals surface area contributed by atoms with Crippen LogP contribution in [0.3, 0.4) is 0 Å². The molecule has 13 heavy (non-hydrogen) atoms. The van der Waals surface area contributed by atoms with E-state index in [1.807, 2.05) is 39.9 Å². The van der Waals surface area contributed by atoms with E-state index in [4.69, 9.17) is 0 Å². The number of hydrogen-bond acceptors (Lipinski definition) is 2. The molecular formula is C10H22N2O. The van der Waals surface area contributed by atoms with Crippen LogP contribution in [0.2, 0.25) is 0 Å². The van der Waals surface area contributed by atoms with Crippen LogP contribution in [0.5, 0.6) is 0 Å². The number of amides is 1. The number of nitrogens with zero attached hydrogens (tertiary/aromatic N) is 2. The molecule has 1 aliphatic rings. The predicted octanol–water partition coefficient (Wildman–Crippen LogP) is 1.20. The maximum Gasteiger partial charge on any atom is 0.222 e. The van der Waals surface area contributed by atoms with Gasteiger partial charge in [0, 0.05) is 26.1 Å². The van der Waals surface area contributed by atoms with Crippen LogP contribution in [0.15, 0.2) is 0 Å². The van der Waals surface area contributed by atoms with Gasteiger partial charge in [-0.05, 0) is 20.5 Å². The molecule has 0 aromatic rings. The fraction of sp³-hybridized carbons (Fsp3) is 0.900. The largest absolute Gasteiger partial charge is 0.341 e. The third-order valence-corrected chi connectivity index (χ3v) is 2.21. The van der Waals surface area contributed by atoms with Gasteiger partial charge in [-0.2, -0.15) is 0 Å². The third-order valence-electron chi connectivity index (χ3n) is 2.21. The molecule has 1 rings (SSSR count). The Morgan fingerprint density at radius 1 is 1.46 bits per heavy atom. The Bertz CT molecular complexity index is 157. The fourth-order valence-electron chi connectivity index (χ4n) is 1.50. The quantitative estimate of drug-likeness (QED) is 0.647. The maximum atomic E-state index is 11.1. The van der Waals surface area contributed by atoms with Gasteiger partial charge in [0.15, 0.2) is 0 Å². The highest BCUT2D eigenvalue weighted by Gasteiger charge is 2.27. The lowest BCUT2D eigenvalue weighted by atomic mass is 10.2. The Balaban J connectivity index is 0.000000671. The van der Waals surface area contributed by atoms with E-state index >= 15 is 0 Å². The lowest BCUT2D eigenvalue weighted by Crippen LogP contribution is -2.36. The van der Waals surface area contributed by atoms with Crippen molar-refractivity contribution < 1.29 is 4.79 Å². The molecule has 78 valence electrons. The average molecular weight is 186 g/mol. The van der Waals surface area contributed by atoms with Crippen LogP contribution in [0.25, 0.3) is 0 Å². The van der Waals surface area contributed by atoms with Crippen molar-refractivity contribution in [2.75, 3.05) is 27.7 Å². The monoisotopic (exact) mass is 186 g/mol. The standard InChI is InChI=1S/C8H16N2O.C2H6/c1-9(2)6-7-4-5-8(11)10(7)3;1-2/h7H,4-6H2,1-3H3;1-2H3. The van der Waals surface area contributed by atoms with Gasteiger partial charge in [-0.15, -0.1) is 0 Å². The second-order valence-electron chi connectivity index (χ2n) is 3.46. The second-order valence-corrected chi connectivity index (χ2v) is 3.46. The van der Waals surface area contributed by atoms with Crippen molar-refractivity contribution >= 4 is 5.91 Å². The molecule has 1 fully saturated rings. The van der Waals surface area contributed by atoms with E-state index in [1.165, 1.54) is 0 Å². The van der Waals surface area contributed by atoms with Crippen molar-refractivity contribution in [3.05, 3.63) is 0 Å². The summed E-state index contributed by atoms with van der Waals surface area (Å²) in [6, 6.07) is 0.442. The van der Waals surface area contributed by atoms with Crippen molar-refractivity contribution in [1.82, 2.24) is 9.80 Å². The van der Waals surface area contributed by atoms with Crippen LogP contribution in [0.4, 0.5) is 0 Å².